The lowest BCUT2D eigenvalue weighted by atomic mass is 9.89. The van der Waals surface area contributed by atoms with Crippen LogP contribution in [-0.4, -0.2) is 17.7 Å². The van der Waals surface area contributed by atoms with E-state index in [2.05, 4.69) is 24.9 Å². The molecule has 0 amide bonds. The summed E-state index contributed by atoms with van der Waals surface area (Å²) in [5, 5.41) is 0. The van der Waals surface area contributed by atoms with Gasteiger partial charge in [-0.05, 0) is 36.5 Å². The fraction of sp³-hybridized carbons (Fsp3) is 0.429. The highest BCUT2D eigenvalue weighted by Crippen LogP contribution is 2.35. The van der Waals surface area contributed by atoms with Crippen LogP contribution in [0.4, 0.5) is 14.5 Å². The topological polar surface area (TPSA) is 41.6 Å². The van der Waals surface area contributed by atoms with E-state index in [4.69, 9.17) is 9.40 Å². The minimum atomic E-state index is -0.832. The van der Waals surface area contributed by atoms with Crippen LogP contribution in [0.25, 0.3) is 0 Å². The maximum absolute atomic E-state index is 13.6. The van der Waals surface area contributed by atoms with Gasteiger partial charge in [0.1, 0.15) is 17.5 Å². The first-order valence-electron chi connectivity index (χ1n) is 9.41. The third-order valence-corrected chi connectivity index (χ3v) is 5.56. The highest BCUT2D eigenvalue weighted by Gasteiger charge is 2.30. The molecule has 3 unspecified atom stereocenters. The van der Waals surface area contributed by atoms with Gasteiger partial charge in [0, 0.05) is 30.9 Å². The minimum absolute atomic E-state index is 0.112. The molecule has 4 rings (SSSR count). The summed E-state index contributed by atoms with van der Waals surface area (Å²) in [5.41, 5.74) is 1.52. The lowest BCUT2D eigenvalue weighted by molar-refractivity contribution is 0.319. The lowest BCUT2D eigenvalue weighted by Gasteiger charge is -2.22. The van der Waals surface area contributed by atoms with E-state index in [-0.39, 0.29) is 12.0 Å². The molecule has 1 aromatic carbocycles. The number of benzene rings is 1. The van der Waals surface area contributed by atoms with E-state index < -0.39 is 11.6 Å². The standard InChI is InChI=1S/C21H23F2N3O/c1-13-5-3-9-24-20(14(13)2)21-25-18-12-26(10-4-6-19(18)27-21)15-7-8-16(22)17(23)11-15/h3,5,7-9,11,13-14,20H,4,6,10,12H2,1-2H3. The smallest absolute Gasteiger partial charge is 0.219 e. The largest absolute Gasteiger partial charge is 0.443 e. The minimum Gasteiger partial charge on any atom is -0.443 e. The third kappa shape index (κ3) is 3.53. The van der Waals surface area contributed by atoms with Gasteiger partial charge in [-0.15, -0.1) is 0 Å². The number of halogens is 2. The van der Waals surface area contributed by atoms with E-state index in [0.29, 0.717) is 24.0 Å². The summed E-state index contributed by atoms with van der Waals surface area (Å²) in [4.78, 5) is 11.4. The Labute approximate surface area is 157 Å². The summed E-state index contributed by atoms with van der Waals surface area (Å²) >= 11 is 0. The Kier molecular flexibility index (Phi) is 4.81. The number of nitrogens with zero attached hydrogens (tertiary/aromatic N) is 3. The predicted molar refractivity (Wildman–Crippen MR) is 101 cm³/mol. The van der Waals surface area contributed by atoms with Crippen molar-refractivity contribution >= 4 is 11.9 Å². The second-order valence-corrected chi connectivity index (χ2v) is 7.39. The first-order valence-corrected chi connectivity index (χ1v) is 9.41. The molecule has 0 bridgehead atoms. The van der Waals surface area contributed by atoms with Crippen LogP contribution in [-0.2, 0) is 13.0 Å². The van der Waals surface area contributed by atoms with Crippen molar-refractivity contribution in [3.63, 3.8) is 0 Å². The second kappa shape index (κ2) is 7.25. The van der Waals surface area contributed by atoms with Gasteiger partial charge in [0.15, 0.2) is 11.6 Å². The molecule has 2 aliphatic rings. The van der Waals surface area contributed by atoms with Crippen molar-refractivity contribution in [3.8, 4) is 0 Å². The number of fused-ring (bicyclic) bond motifs is 1. The molecular weight excluding hydrogens is 348 g/mol. The number of aromatic nitrogens is 1. The number of anilines is 1. The van der Waals surface area contributed by atoms with E-state index in [1.807, 2.05) is 17.2 Å². The van der Waals surface area contributed by atoms with Crippen LogP contribution < -0.4 is 4.90 Å². The molecule has 0 fully saturated rings. The molecule has 3 atom stereocenters. The molecule has 2 aliphatic heterocycles. The highest BCUT2D eigenvalue weighted by molar-refractivity contribution is 5.71. The maximum Gasteiger partial charge on any atom is 0.219 e. The molecule has 0 radical (unpaired) electrons. The van der Waals surface area contributed by atoms with Crippen LogP contribution in [0.15, 0.2) is 39.8 Å². The molecule has 0 aliphatic carbocycles. The Balaban J connectivity index is 1.61. The first kappa shape index (κ1) is 17.9. The molecule has 1 aromatic heterocycles. The maximum atomic E-state index is 13.6. The normalized spacial score (nSPS) is 25.2. The molecule has 27 heavy (non-hydrogen) atoms. The Morgan fingerprint density at radius 3 is 2.85 bits per heavy atom. The lowest BCUT2D eigenvalue weighted by Crippen LogP contribution is -2.23. The number of aryl methyl sites for hydroxylation is 1. The zero-order valence-electron chi connectivity index (χ0n) is 15.5. The summed E-state index contributed by atoms with van der Waals surface area (Å²) in [6, 6.07) is 3.90. The average molecular weight is 371 g/mol. The number of allylic oxidation sites excluding steroid dienone is 2. The predicted octanol–water partition coefficient (Wildman–Crippen LogP) is 4.86. The van der Waals surface area contributed by atoms with Gasteiger partial charge < -0.3 is 9.32 Å². The van der Waals surface area contributed by atoms with Gasteiger partial charge in [0.05, 0.1) is 6.54 Å². The summed E-state index contributed by atoms with van der Waals surface area (Å²) in [6.07, 6.45) is 7.57. The zero-order chi connectivity index (χ0) is 19.0. The van der Waals surface area contributed by atoms with E-state index >= 15 is 0 Å². The summed E-state index contributed by atoms with van der Waals surface area (Å²) < 4.78 is 33.0. The van der Waals surface area contributed by atoms with E-state index in [1.54, 1.807) is 6.07 Å². The SMILES string of the molecule is CC1C=CC=NC(c2nc3c(o2)CCCN(c2ccc(F)c(F)c2)C3)C1C. The number of aliphatic imine (C=N–C) groups is 1. The fourth-order valence-electron chi connectivity index (χ4n) is 3.70. The number of oxazole rings is 1. The Hall–Kier alpha value is -2.50. The number of hydrogen-bond acceptors (Lipinski definition) is 4. The van der Waals surface area contributed by atoms with Crippen molar-refractivity contribution < 1.29 is 13.2 Å². The van der Waals surface area contributed by atoms with Crippen LogP contribution in [0, 0.1) is 23.5 Å². The van der Waals surface area contributed by atoms with Crippen molar-refractivity contribution in [2.24, 2.45) is 16.8 Å². The molecule has 0 saturated heterocycles. The zero-order valence-corrected chi connectivity index (χ0v) is 15.5. The van der Waals surface area contributed by atoms with Gasteiger partial charge in [-0.2, -0.15) is 0 Å². The van der Waals surface area contributed by atoms with E-state index in [9.17, 15) is 8.78 Å². The first-order chi connectivity index (χ1) is 13.0. The van der Waals surface area contributed by atoms with Crippen LogP contribution >= 0.6 is 0 Å². The molecule has 4 nitrogen and oxygen atoms in total. The Morgan fingerprint density at radius 1 is 1.19 bits per heavy atom. The van der Waals surface area contributed by atoms with Crippen molar-refractivity contribution in [1.29, 1.82) is 0 Å². The third-order valence-electron chi connectivity index (χ3n) is 5.56. The monoisotopic (exact) mass is 371 g/mol. The van der Waals surface area contributed by atoms with Crippen molar-refractivity contribution in [2.75, 3.05) is 11.4 Å². The van der Waals surface area contributed by atoms with E-state index in [0.717, 1.165) is 30.8 Å². The summed E-state index contributed by atoms with van der Waals surface area (Å²) in [7, 11) is 0. The second-order valence-electron chi connectivity index (χ2n) is 7.39. The summed E-state index contributed by atoms with van der Waals surface area (Å²) in [5.74, 6) is 0.517. The van der Waals surface area contributed by atoms with E-state index in [1.165, 1.54) is 12.1 Å². The molecule has 142 valence electrons. The van der Waals surface area contributed by atoms with Crippen LogP contribution in [0.5, 0.6) is 0 Å². The number of hydrogen-bond donors (Lipinski definition) is 0. The fourth-order valence-corrected chi connectivity index (χ4v) is 3.70. The van der Waals surface area contributed by atoms with Gasteiger partial charge in [-0.3, -0.25) is 4.99 Å². The summed E-state index contributed by atoms with van der Waals surface area (Å²) in [6.45, 7) is 5.58. The van der Waals surface area contributed by atoms with Crippen LogP contribution in [0.1, 0.15) is 43.7 Å². The van der Waals surface area contributed by atoms with Gasteiger partial charge in [-0.1, -0.05) is 19.9 Å². The van der Waals surface area contributed by atoms with Crippen molar-refractivity contribution in [3.05, 3.63) is 59.3 Å². The van der Waals surface area contributed by atoms with Gasteiger partial charge in [0.2, 0.25) is 5.89 Å². The van der Waals surface area contributed by atoms with Crippen molar-refractivity contribution in [1.82, 2.24) is 4.98 Å². The molecule has 0 saturated carbocycles. The van der Waals surface area contributed by atoms with Crippen molar-refractivity contribution in [2.45, 2.75) is 39.3 Å². The number of rotatable bonds is 2. The quantitative estimate of drug-likeness (QED) is 0.757. The Bertz CT molecular complexity index is 890. The Morgan fingerprint density at radius 2 is 2.04 bits per heavy atom. The highest BCUT2D eigenvalue weighted by atomic mass is 19.2. The van der Waals surface area contributed by atoms with Gasteiger partial charge in [-0.25, -0.2) is 13.8 Å². The van der Waals surface area contributed by atoms with Crippen LogP contribution in [0.3, 0.4) is 0 Å². The molecule has 3 heterocycles. The molecule has 0 spiro atoms. The average Bonchev–Trinajstić information content (AvgIpc) is 2.82. The molecule has 6 heteroatoms. The molecule has 2 aromatic rings. The molecular formula is C21H23F2N3O. The molecule has 0 N–H and O–H groups in total. The van der Waals surface area contributed by atoms with Gasteiger partial charge >= 0.3 is 0 Å². The van der Waals surface area contributed by atoms with Crippen LogP contribution in [0.2, 0.25) is 0 Å². The van der Waals surface area contributed by atoms with Gasteiger partial charge in [0.25, 0.3) is 0 Å².